The maximum absolute atomic E-state index is 12.8. The molecule has 0 saturated heterocycles. The molecule has 0 bridgehead atoms. The SMILES string of the molecule is CCc1c(CN(CC)C(=O)OC(C)(C)C)cncc1-c1ccc2[nH]nc(-c3nccn3COCC[Si](C)(C)C)c2c1. The summed E-state index contributed by atoms with van der Waals surface area (Å²) in [6, 6.07) is 7.39. The van der Waals surface area contributed by atoms with Crippen molar-refractivity contribution >= 4 is 25.1 Å². The number of aromatic amines is 1. The number of benzene rings is 1. The Hall–Kier alpha value is -3.50. The van der Waals surface area contributed by atoms with Crippen molar-refractivity contribution in [3.63, 3.8) is 0 Å². The summed E-state index contributed by atoms with van der Waals surface area (Å²) in [7, 11) is -1.16. The highest BCUT2D eigenvalue weighted by Crippen LogP contribution is 2.33. The smallest absolute Gasteiger partial charge is 0.410 e. The molecule has 220 valence electrons. The fourth-order valence-electron chi connectivity index (χ4n) is 4.69. The summed E-state index contributed by atoms with van der Waals surface area (Å²) >= 11 is 0. The van der Waals surface area contributed by atoms with Gasteiger partial charge in [0.15, 0.2) is 5.82 Å². The van der Waals surface area contributed by atoms with E-state index >= 15 is 0 Å². The number of amides is 1. The molecule has 9 nitrogen and oxygen atoms in total. The quantitative estimate of drug-likeness (QED) is 0.151. The van der Waals surface area contributed by atoms with Gasteiger partial charge < -0.3 is 18.9 Å². The second kappa shape index (κ2) is 12.6. The Labute approximate surface area is 244 Å². The molecule has 0 aliphatic heterocycles. The number of fused-ring (bicyclic) bond motifs is 1. The Bertz CT molecular complexity index is 1480. The molecule has 0 saturated carbocycles. The number of carbonyl (C=O) groups is 1. The van der Waals surface area contributed by atoms with Gasteiger partial charge in [0.25, 0.3) is 0 Å². The van der Waals surface area contributed by atoms with E-state index in [1.54, 1.807) is 11.1 Å². The van der Waals surface area contributed by atoms with Crippen LogP contribution in [0, 0.1) is 0 Å². The topological polar surface area (TPSA) is 98.2 Å². The van der Waals surface area contributed by atoms with Crippen LogP contribution in [0.15, 0.2) is 43.0 Å². The van der Waals surface area contributed by atoms with Crippen LogP contribution in [0.1, 0.15) is 45.7 Å². The van der Waals surface area contributed by atoms with Gasteiger partial charge in [-0.15, -0.1) is 0 Å². The number of carbonyl (C=O) groups excluding carboxylic acids is 1. The minimum absolute atomic E-state index is 0.322. The van der Waals surface area contributed by atoms with Gasteiger partial charge in [-0.05, 0) is 69.0 Å². The van der Waals surface area contributed by atoms with Crippen LogP contribution >= 0.6 is 0 Å². The molecule has 4 rings (SSSR count). The first kappa shape index (κ1) is 30.5. The number of ether oxygens (including phenoxy) is 2. The lowest BCUT2D eigenvalue weighted by molar-refractivity contribution is 0.0244. The molecular formula is C31H44N6O3Si. The summed E-state index contributed by atoms with van der Waals surface area (Å²) in [5.74, 6) is 0.764. The lowest BCUT2D eigenvalue weighted by Gasteiger charge is -2.27. The van der Waals surface area contributed by atoms with Crippen LogP contribution in [-0.2, 0) is 29.2 Å². The third kappa shape index (κ3) is 7.62. The number of imidazole rings is 1. The number of H-pyrrole nitrogens is 1. The van der Waals surface area contributed by atoms with Gasteiger partial charge in [0.05, 0.1) is 12.1 Å². The predicted octanol–water partition coefficient (Wildman–Crippen LogP) is 7.12. The number of hydrogen-bond acceptors (Lipinski definition) is 6. The van der Waals surface area contributed by atoms with Crippen LogP contribution in [0.2, 0.25) is 25.7 Å². The van der Waals surface area contributed by atoms with Gasteiger partial charge >= 0.3 is 6.09 Å². The van der Waals surface area contributed by atoms with Crippen molar-refractivity contribution in [2.75, 3.05) is 13.2 Å². The third-order valence-corrected chi connectivity index (χ3v) is 8.63. The van der Waals surface area contributed by atoms with Crippen LogP contribution in [-0.4, -0.2) is 62.6 Å². The van der Waals surface area contributed by atoms with Gasteiger partial charge in [-0.3, -0.25) is 10.1 Å². The van der Waals surface area contributed by atoms with E-state index in [-0.39, 0.29) is 6.09 Å². The monoisotopic (exact) mass is 576 g/mol. The molecule has 3 heterocycles. The third-order valence-electron chi connectivity index (χ3n) is 6.92. The van der Waals surface area contributed by atoms with Crippen molar-refractivity contribution in [1.29, 1.82) is 0 Å². The number of hydrogen-bond donors (Lipinski definition) is 1. The Morgan fingerprint density at radius 3 is 2.61 bits per heavy atom. The molecule has 0 aliphatic rings. The fourth-order valence-corrected chi connectivity index (χ4v) is 5.45. The number of nitrogens with zero attached hydrogens (tertiary/aromatic N) is 5. The zero-order chi connectivity index (χ0) is 29.8. The van der Waals surface area contributed by atoms with Gasteiger partial charge in [0.2, 0.25) is 0 Å². The molecule has 41 heavy (non-hydrogen) atoms. The molecule has 0 aliphatic carbocycles. The summed E-state index contributed by atoms with van der Waals surface area (Å²) in [6.07, 6.45) is 7.96. The second-order valence-corrected chi connectivity index (χ2v) is 18.2. The minimum atomic E-state index is -1.16. The molecule has 0 unspecified atom stereocenters. The number of nitrogens with one attached hydrogen (secondary N) is 1. The highest BCUT2D eigenvalue weighted by atomic mass is 28.3. The van der Waals surface area contributed by atoms with Crippen LogP contribution < -0.4 is 0 Å². The van der Waals surface area contributed by atoms with Gasteiger partial charge in [-0.25, -0.2) is 9.78 Å². The predicted molar refractivity (Wildman–Crippen MR) is 166 cm³/mol. The van der Waals surface area contributed by atoms with E-state index in [4.69, 9.17) is 9.47 Å². The molecular weight excluding hydrogens is 532 g/mol. The molecule has 4 aromatic rings. The van der Waals surface area contributed by atoms with Crippen LogP contribution in [0.3, 0.4) is 0 Å². The van der Waals surface area contributed by atoms with Crippen molar-refractivity contribution in [2.24, 2.45) is 0 Å². The molecule has 1 aromatic carbocycles. The van der Waals surface area contributed by atoms with Crippen molar-refractivity contribution < 1.29 is 14.3 Å². The van der Waals surface area contributed by atoms with E-state index in [0.29, 0.717) is 19.8 Å². The zero-order valence-corrected chi connectivity index (χ0v) is 26.7. The average Bonchev–Trinajstić information content (AvgIpc) is 3.54. The Balaban J connectivity index is 1.63. The summed E-state index contributed by atoms with van der Waals surface area (Å²) in [4.78, 5) is 23.7. The molecule has 3 aromatic heterocycles. The first-order valence-electron chi connectivity index (χ1n) is 14.4. The van der Waals surface area contributed by atoms with E-state index < -0.39 is 13.7 Å². The number of rotatable bonds is 11. The second-order valence-electron chi connectivity index (χ2n) is 12.6. The molecule has 0 spiro atoms. The normalized spacial score (nSPS) is 12.2. The lowest BCUT2D eigenvalue weighted by atomic mass is 9.95. The maximum Gasteiger partial charge on any atom is 0.410 e. The minimum Gasteiger partial charge on any atom is -0.444 e. The molecule has 0 atom stereocenters. The average molecular weight is 577 g/mol. The molecule has 10 heteroatoms. The molecule has 1 N–H and O–H groups in total. The summed E-state index contributed by atoms with van der Waals surface area (Å²) in [5.41, 5.74) is 5.41. The van der Waals surface area contributed by atoms with E-state index in [2.05, 4.69) is 58.9 Å². The van der Waals surface area contributed by atoms with Crippen molar-refractivity contribution in [3.8, 4) is 22.6 Å². The molecule has 0 radical (unpaired) electrons. The lowest BCUT2D eigenvalue weighted by Crippen LogP contribution is -2.36. The van der Waals surface area contributed by atoms with Gasteiger partial charge in [-0.1, -0.05) is 32.6 Å². The van der Waals surface area contributed by atoms with Crippen molar-refractivity contribution in [2.45, 2.75) is 85.6 Å². The summed E-state index contributed by atoms with van der Waals surface area (Å²) < 4.78 is 13.6. The first-order chi connectivity index (χ1) is 19.4. The van der Waals surface area contributed by atoms with Crippen LogP contribution in [0.25, 0.3) is 33.5 Å². The highest BCUT2D eigenvalue weighted by Gasteiger charge is 2.23. The molecule has 1 amide bonds. The Morgan fingerprint density at radius 1 is 1.15 bits per heavy atom. The van der Waals surface area contributed by atoms with E-state index in [1.807, 2.05) is 56.9 Å². The largest absolute Gasteiger partial charge is 0.444 e. The van der Waals surface area contributed by atoms with Crippen molar-refractivity contribution in [1.82, 2.24) is 29.6 Å². The maximum atomic E-state index is 12.8. The zero-order valence-electron chi connectivity index (χ0n) is 25.7. The standard InChI is InChI=1S/C31H44N6O3Si/c1-9-24-23(20-36(10-2)30(38)40-31(3,4)5)18-32-19-26(24)22-11-12-27-25(17-22)28(35-34-27)29-33-13-14-37(29)21-39-15-16-41(6,7)8/h11-14,17-19H,9-10,15-16,20-21H2,1-8H3,(H,34,35). The summed E-state index contributed by atoms with van der Waals surface area (Å²) in [5, 5.41) is 8.77. The van der Waals surface area contributed by atoms with Gasteiger partial charge in [-0.2, -0.15) is 5.10 Å². The van der Waals surface area contributed by atoms with Gasteiger partial charge in [0, 0.05) is 57.0 Å². The molecule has 0 fully saturated rings. The van der Waals surface area contributed by atoms with Crippen LogP contribution in [0.4, 0.5) is 4.79 Å². The Kier molecular flexibility index (Phi) is 9.33. The fraction of sp³-hybridized carbons (Fsp3) is 0.484. The Morgan fingerprint density at radius 2 is 1.93 bits per heavy atom. The van der Waals surface area contributed by atoms with Gasteiger partial charge in [0.1, 0.15) is 18.0 Å². The highest BCUT2D eigenvalue weighted by molar-refractivity contribution is 6.76. The summed E-state index contributed by atoms with van der Waals surface area (Å²) in [6.45, 7) is 18.9. The van der Waals surface area contributed by atoms with E-state index in [1.165, 1.54) is 0 Å². The number of aromatic nitrogens is 5. The van der Waals surface area contributed by atoms with Crippen LogP contribution in [0.5, 0.6) is 0 Å². The van der Waals surface area contributed by atoms with Crippen molar-refractivity contribution in [3.05, 3.63) is 54.1 Å². The first-order valence-corrected chi connectivity index (χ1v) is 18.1. The van der Waals surface area contributed by atoms with E-state index in [0.717, 1.165) is 63.7 Å². The number of pyridine rings is 1. The van der Waals surface area contributed by atoms with E-state index in [9.17, 15) is 4.79 Å².